The van der Waals surface area contributed by atoms with E-state index in [1.54, 1.807) is 0 Å². The van der Waals surface area contributed by atoms with Crippen LogP contribution in [0.3, 0.4) is 0 Å². The molecule has 1 N–H and O–H groups in total. The van der Waals surface area contributed by atoms with Crippen LogP contribution in [0.4, 0.5) is 0 Å². The standard InChI is InChI=1S/C18H25NO4/c1-4-23-16-6-5-12(2)11-15(16)17(20)13(3)19-9-7-14(8-10-19)18(21)22/h5-6,11,13-14H,4,7-10H2,1-3H3,(H,21,22). The van der Waals surface area contributed by atoms with Gasteiger partial charge in [-0.2, -0.15) is 0 Å². The number of carboxylic acid groups (broad SMARTS) is 1. The second-order valence-electron chi connectivity index (χ2n) is 6.12. The van der Waals surface area contributed by atoms with Crippen molar-refractivity contribution in [1.82, 2.24) is 4.90 Å². The average molecular weight is 319 g/mol. The van der Waals surface area contributed by atoms with Crippen LogP contribution < -0.4 is 4.74 Å². The minimum Gasteiger partial charge on any atom is -0.493 e. The van der Waals surface area contributed by atoms with Crippen molar-refractivity contribution in [2.45, 2.75) is 39.7 Å². The zero-order valence-electron chi connectivity index (χ0n) is 14.0. The predicted octanol–water partition coefficient (Wildman–Crippen LogP) is 2.76. The zero-order valence-corrected chi connectivity index (χ0v) is 14.0. The zero-order chi connectivity index (χ0) is 17.0. The lowest BCUT2D eigenvalue weighted by molar-refractivity contribution is -0.143. The fourth-order valence-electron chi connectivity index (χ4n) is 3.04. The van der Waals surface area contributed by atoms with E-state index >= 15 is 0 Å². The van der Waals surface area contributed by atoms with E-state index in [1.807, 2.05) is 39.0 Å². The van der Waals surface area contributed by atoms with Gasteiger partial charge in [-0.15, -0.1) is 0 Å². The number of ketones is 1. The Bertz CT molecular complexity index is 576. The average Bonchev–Trinajstić information content (AvgIpc) is 2.55. The van der Waals surface area contributed by atoms with Gasteiger partial charge in [0.05, 0.1) is 24.1 Å². The first-order valence-electron chi connectivity index (χ1n) is 8.18. The molecule has 2 rings (SSSR count). The number of hydrogen-bond donors (Lipinski definition) is 1. The van der Waals surface area contributed by atoms with Gasteiger partial charge < -0.3 is 9.84 Å². The number of aliphatic carboxylic acids is 1. The topological polar surface area (TPSA) is 66.8 Å². The first-order valence-corrected chi connectivity index (χ1v) is 8.18. The summed E-state index contributed by atoms with van der Waals surface area (Å²) < 4.78 is 5.58. The van der Waals surface area contributed by atoms with Gasteiger partial charge in [-0.1, -0.05) is 11.6 Å². The number of piperidine rings is 1. The molecule has 1 unspecified atom stereocenters. The van der Waals surface area contributed by atoms with Crippen LogP contribution in [-0.2, 0) is 4.79 Å². The summed E-state index contributed by atoms with van der Waals surface area (Å²) >= 11 is 0. The highest BCUT2D eigenvalue weighted by atomic mass is 16.5. The number of Topliss-reactive ketones (excluding diaryl/α,β-unsaturated/α-hetero) is 1. The molecule has 0 saturated carbocycles. The van der Waals surface area contributed by atoms with E-state index in [1.165, 1.54) is 0 Å². The van der Waals surface area contributed by atoms with Crippen molar-refractivity contribution in [2.75, 3.05) is 19.7 Å². The number of aryl methyl sites for hydroxylation is 1. The van der Waals surface area contributed by atoms with E-state index in [0.29, 0.717) is 43.9 Å². The van der Waals surface area contributed by atoms with E-state index in [-0.39, 0.29) is 17.7 Å². The summed E-state index contributed by atoms with van der Waals surface area (Å²) in [6.45, 7) is 7.53. The van der Waals surface area contributed by atoms with Crippen molar-refractivity contribution < 1.29 is 19.4 Å². The second-order valence-corrected chi connectivity index (χ2v) is 6.12. The minimum atomic E-state index is -0.735. The molecule has 0 bridgehead atoms. The van der Waals surface area contributed by atoms with E-state index in [2.05, 4.69) is 4.90 Å². The Balaban J connectivity index is 2.11. The molecule has 1 aliphatic heterocycles. The Morgan fingerprint density at radius 2 is 2.00 bits per heavy atom. The summed E-state index contributed by atoms with van der Waals surface area (Å²) in [6, 6.07) is 5.37. The Labute approximate surface area is 137 Å². The molecule has 1 aliphatic rings. The maximum absolute atomic E-state index is 12.9. The van der Waals surface area contributed by atoms with Crippen LogP contribution in [-0.4, -0.2) is 47.5 Å². The molecule has 1 saturated heterocycles. The van der Waals surface area contributed by atoms with Crippen molar-refractivity contribution in [1.29, 1.82) is 0 Å². The molecule has 0 spiro atoms. The Kier molecular flexibility index (Phi) is 5.77. The maximum atomic E-state index is 12.9. The first kappa shape index (κ1) is 17.5. The number of rotatable bonds is 6. The van der Waals surface area contributed by atoms with Crippen molar-refractivity contribution in [3.8, 4) is 5.75 Å². The molecule has 0 aliphatic carbocycles. The molecule has 23 heavy (non-hydrogen) atoms. The predicted molar refractivity (Wildman–Crippen MR) is 88.1 cm³/mol. The van der Waals surface area contributed by atoms with Crippen molar-refractivity contribution in [3.05, 3.63) is 29.3 Å². The van der Waals surface area contributed by atoms with Crippen LogP contribution in [0.5, 0.6) is 5.75 Å². The fourth-order valence-corrected chi connectivity index (χ4v) is 3.04. The highest BCUT2D eigenvalue weighted by molar-refractivity contribution is 6.02. The van der Waals surface area contributed by atoms with Crippen LogP contribution >= 0.6 is 0 Å². The van der Waals surface area contributed by atoms with Crippen LogP contribution in [0.2, 0.25) is 0 Å². The Hall–Kier alpha value is -1.88. The van der Waals surface area contributed by atoms with Crippen molar-refractivity contribution in [2.24, 2.45) is 5.92 Å². The van der Waals surface area contributed by atoms with Gasteiger partial charge in [-0.25, -0.2) is 0 Å². The minimum absolute atomic E-state index is 0.0333. The number of carbonyl (C=O) groups is 2. The van der Waals surface area contributed by atoms with Gasteiger partial charge in [0, 0.05) is 0 Å². The molecule has 0 radical (unpaired) electrons. The Morgan fingerprint density at radius 3 is 2.57 bits per heavy atom. The largest absolute Gasteiger partial charge is 0.493 e. The number of carbonyl (C=O) groups excluding carboxylic acids is 1. The molecule has 5 heteroatoms. The number of ether oxygens (including phenoxy) is 1. The summed E-state index contributed by atoms with van der Waals surface area (Å²) in [5, 5.41) is 9.07. The second kappa shape index (κ2) is 7.59. The summed E-state index contributed by atoms with van der Waals surface area (Å²) in [6.07, 6.45) is 1.19. The maximum Gasteiger partial charge on any atom is 0.306 e. The van der Waals surface area contributed by atoms with Gasteiger partial charge in [-0.3, -0.25) is 14.5 Å². The van der Waals surface area contributed by atoms with Gasteiger partial charge in [-0.05, 0) is 58.8 Å². The monoisotopic (exact) mass is 319 g/mol. The fraction of sp³-hybridized carbons (Fsp3) is 0.556. The number of carboxylic acids is 1. The molecule has 1 heterocycles. The lowest BCUT2D eigenvalue weighted by Gasteiger charge is -2.34. The summed E-state index contributed by atoms with van der Waals surface area (Å²) in [4.78, 5) is 26.0. The van der Waals surface area contributed by atoms with Crippen LogP contribution in [0.1, 0.15) is 42.6 Å². The van der Waals surface area contributed by atoms with Gasteiger partial charge in [0.2, 0.25) is 0 Å². The van der Waals surface area contributed by atoms with Crippen molar-refractivity contribution in [3.63, 3.8) is 0 Å². The SMILES string of the molecule is CCOc1ccc(C)cc1C(=O)C(C)N1CCC(C(=O)O)CC1. The van der Waals surface area contributed by atoms with Gasteiger partial charge >= 0.3 is 5.97 Å². The van der Waals surface area contributed by atoms with Crippen molar-refractivity contribution >= 4 is 11.8 Å². The third-order valence-electron chi connectivity index (χ3n) is 4.51. The Morgan fingerprint density at radius 1 is 1.35 bits per heavy atom. The molecular weight excluding hydrogens is 294 g/mol. The van der Waals surface area contributed by atoms with E-state index in [0.717, 1.165) is 5.56 Å². The summed E-state index contributed by atoms with van der Waals surface area (Å²) in [5.41, 5.74) is 1.63. The quantitative estimate of drug-likeness (QED) is 0.817. The highest BCUT2D eigenvalue weighted by Gasteiger charge is 2.30. The molecule has 1 fully saturated rings. The van der Waals surface area contributed by atoms with E-state index in [9.17, 15) is 9.59 Å². The normalized spacial score (nSPS) is 17.7. The van der Waals surface area contributed by atoms with E-state index < -0.39 is 5.97 Å². The van der Waals surface area contributed by atoms with Crippen LogP contribution in [0.25, 0.3) is 0 Å². The summed E-state index contributed by atoms with van der Waals surface area (Å²) in [5.74, 6) is -0.367. The molecule has 5 nitrogen and oxygen atoms in total. The van der Waals surface area contributed by atoms with Gasteiger partial charge in [0.1, 0.15) is 5.75 Å². The summed E-state index contributed by atoms with van der Waals surface area (Å²) in [7, 11) is 0. The first-order chi connectivity index (χ1) is 10.9. The van der Waals surface area contributed by atoms with Gasteiger partial charge in [0.25, 0.3) is 0 Å². The molecule has 0 amide bonds. The molecule has 1 aromatic rings. The molecular formula is C18H25NO4. The molecule has 1 aromatic carbocycles. The van der Waals surface area contributed by atoms with Crippen LogP contribution in [0.15, 0.2) is 18.2 Å². The van der Waals surface area contributed by atoms with E-state index in [4.69, 9.17) is 9.84 Å². The van der Waals surface area contributed by atoms with Gasteiger partial charge in [0.15, 0.2) is 5.78 Å². The molecule has 0 aromatic heterocycles. The molecule has 1 atom stereocenters. The molecule has 126 valence electrons. The third kappa shape index (κ3) is 4.10. The third-order valence-corrected chi connectivity index (χ3v) is 4.51. The number of hydrogen-bond acceptors (Lipinski definition) is 4. The van der Waals surface area contributed by atoms with Crippen LogP contribution in [0, 0.1) is 12.8 Å². The number of nitrogens with zero attached hydrogens (tertiary/aromatic N) is 1. The lowest BCUT2D eigenvalue weighted by atomic mass is 9.94. The smallest absolute Gasteiger partial charge is 0.306 e. The highest BCUT2D eigenvalue weighted by Crippen LogP contribution is 2.25. The lowest BCUT2D eigenvalue weighted by Crippen LogP contribution is -2.45. The number of benzene rings is 1. The number of likely N-dealkylation sites (tertiary alicyclic amines) is 1.